The zero-order valence-electron chi connectivity index (χ0n) is 9.38. The summed E-state index contributed by atoms with van der Waals surface area (Å²) in [6.07, 6.45) is 0. The first-order valence-corrected chi connectivity index (χ1v) is 5.66. The van der Waals surface area contributed by atoms with E-state index in [1.54, 1.807) is 4.57 Å². The van der Waals surface area contributed by atoms with E-state index in [0.29, 0.717) is 10.6 Å². The van der Waals surface area contributed by atoms with Crippen molar-refractivity contribution in [2.45, 2.75) is 13.0 Å². The quantitative estimate of drug-likeness (QED) is 0.799. The van der Waals surface area contributed by atoms with Crippen LogP contribution in [0.5, 0.6) is 0 Å². The molecule has 0 radical (unpaired) electrons. The third-order valence-corrected chi connectivity index (χ3v) is 2.97. The molecule has 1 heterocycles. The number of hydrogen-bond acceptors (Lipinski definition) is 3. The minimum absolute atomic E-state index is 0.0134. The Bertz CT molecular complexity index is 630. The first kappa shape index (κ1) is 11.6. The second-order valence-corrected chi connectivity index (χ2v) is 4.21. The van der Waals surface area contributed by atoms with E-state index in [-0.39, 0.29) is 11.6 Å². The second-order valence-electron chi connectivity index (χ2n) is 3.82. The summed E-state index contributed by atoms with van der Waals surface area (Å²) < 4.78 is 2.07. The lowest BCUT2D eigenvalue weighted by Crippen LogP contribution is -2.19. The second kappa shape index (κ2) is 4.55. The van der Waals surface area contributed by atoms with Crippen LogP contribution in [0.25, 0.3) is 0 Å². The number of anilines is 1. The van der Waals surface area contributed by atoms with E-state index in [4.69, 9.17) is 18.0 Å². The maximum atomic E-state index is 11.2. The Balaban J connectivity index is 2.56. The highest BCUT2D eigenvalue weighted by Gasteiger charge is 2.10. The van der Waals surface area contributed by atoms with Gasteiger partial charge in [0, 0.05) is 6.07 Å². The van der Waals surface area contributed by atoms with Gasteiger partial charge in [-0.2, -0.15) is 0 Å². The molecule has 0 saturated carbocycles. The fourth-order valence-electron chi connectivity index (χ4n) is 1.80. The SMILES string of the molecule is C[C@H](c1ccccc1)n1c(N)cc(=O)[nH]c1=S. The van der Waals surface area contributed by atoms with Gasteiger partial charge in [0.25, 0.3) is 5.56 Å². The van der Waals surface area contributed by atoms with Crippen LogP contribution in [0.15, 0.2) is 41.2 Å². The maximum absolute atomic E-state index is 11.2. The largest absolute Gasteiger partial charge is 0.385 e. The van der Waals surface area contributed by atoms with Gasteiger partial charge in [0.05, 0.1) is 6.04 Å². The number of rotatable bonds is 2. The van der Waals surface area contributed by atoms with Crippen molar-refractivity contribution in [1.29, 1.82) is 0 Å². The smallest absolute Gasteiger partial charge is 0.253 e. The molecule has 3 N–H and O–H groups in total. The molecule has 4 nitrogen and oxygen atoms in total. The minimum Gasteiger partial charge on any atom is -0.385 e. The summed E-state index contributed by atoms with van der Waals surface area (Å²) in [5.41, 5.74) is 6.65. The van der Waals surface area contributed by atoms with Gasteiger partial charge < -0.3 is 5.73 Å². The monoisotopic (exact) mass is 247 g/mol. The molecule has 0 amide bonds. The van der Waals surface area contributed by atoms with Crippen LogP contribution in [0.3, 0.4) is 0 Å². The minimum atomic E-state index is -0.274. The summed E-state index contributed by atoms with van der Waals surface area (Å²) in [6, 6.07) is 11.2. The molecule has 17 heavy (non-hydrogen) atoms. The van der Waals surface area contributed by atoms with Crippen LogP contribution in [-0.4, -0.2) is 9.55 Å². The Kier molecular flexibility index (Phi) is 3.10. The molecular formula is C12H13N3OS. The van der Waals surface area contributed by atoms with Crippen LogP contribution >= 0.6 is 12.2 Å². The molecular weight excluding hydrogens is 234 g/mol. The van der Waals surface area contributed by atoms with Crippen molar-refractivity contribution in [3.63, 3.8) is 0 Å². The molecule has 5 heteroatoms. The van der Waals surface area contributed by atoms with E-state index in [1.807, 2.05) is 37.3 Å². The molecule has 0 aliphatic carbocycles. The number of H-pyrrole nitrogens is 1. The van der Waals surface area contributed by atoms with Gasteiger partial charge >= 0.3 is 0 Å². The molecule has 2 rings (SSSR count). The van der Waals surface area contributed by atoms with Gasteiger partial charge in [-0.15, -0.1) is 0 Å². The maximum Gasteiger partial charge on any atom is 0.253 e. The number of nitrogens with one attached hydrogen (secondary N) is 1. The van der Waals surface area contributed by atoms with Crippen molar-refractivity contribution in [3.8, 4) is 0 Å². The predicted octanol–water partition coefficient (Wildman–Crippen LogP) is 2.10. The molecule has 0 saturated heterocycles. The van der Waals surface area contributed by atoms with E-state index < -0.39 is 0 Å². The average molecular weight is 247 g/mol. The summed E-state index contributed by atoms with van der Waals surface area (Å²) in [5.74, 6) is 0.370. The Morgan fingerprint density at radius 2 is 2.00 bits per heavy atom. The molecule has 1 atom stereocenters. The van der Waals surface area contributed by atoms with E-state index in [2.05, 4.69) is 4.98 Å². The van der Waals surface area contributed by atoms with Gasteiger partial charge in [0.15, 0.2) is 4.77 Å². The van der Waals surface area contributed by atoms with Crippen LogP contribution in [0.4, 0.5) is 5.82 Å². The van der Waals surface area contributed by atoms with Crippen molar-refractivity contribution in [1.82, 2.24) is 9.55 Å². The predicted molar refractivity (Wildman–Crippen MR) is 70.6 cm³/mol. The Morgan fingerprint density at radius 1 is 1.35 bits per heavy atom. The van der Waals surface area contributed by atoms with Crippen molar-refractivity contribution in [2.75, 3.05) is 5.73 Å². The highest BCUT2D eigenvalue weighted by molar-refractivity contribution is 7.71. The lowest BCUT2D eigenvalue weighted by Gasteiger charge is -2.18. The fraction of sp³-hybridized carbons (Fsp3) is 0.167. The van der Waals surface area contributed by atoms with Crippen LogP contribution in [0.1, 0.15) is 18.5 Å². The van der Waals surface area contributed by atoms with E-state index in [9.17, 15) is 4.79 Å². The Morgan fingerprint density at radius 3 is 2.59 bits per heavy atom. The summed E-state index contributed by atoms with van der Waals surface area (Å²) in [4.78, 5) is 13.8. The molecule has 0 fully saturated rings. The molecule has 1 aromatic heterocycles. The van der Waals surface area contributed by atoms with Gasteiger partial charge in [0.1, 0.15) is 5.82 Å². The van der Waals surface area contributed by atoms with E-state index in [0.717, 1.165) is 5.56 Å². The van der Waals surface area contributed by atoms with Crippen molar-refractivity contribution < 1.29 is 0 Å². The normalized spacial score (nSPS) is 12.3. The molecule has 1 aromatic carbocycles. The standard InChI is InChI=1S/C12H13N3OS/c1-8(9-5-3-2-4-6-9)15-10(13)7-11(16)14-12(15)17/h2-8H,13H2,1H3,(H,14,16,17)/t8-/m1/s1. The molecule has 0 aliphatic rings. The summed E-state index contributed by atoms with van der Waals surface area (Å²) in [7, 11) is 0. The molecule has 0 bridgehead atoms. The molecule has 0 unspecified atom stereocenters. The number of nitrogen functional groups attached to an aromatic ring is 1. The van der Waals surface area contributed by atoms with E-state index >= 15 is 0 Å². The highest BCUT2D eigenvalue weighted by Crippen LogP contribution is 2.19. The van der Waals surface area contributed by atoms with Crippen molar-refractivity contribution >= 4 is 18.0 Å². The average Bonchev–Trinajstić information content (AvgIpc) is 2.28. The number of aromatic amines is 1. The van der Waals surface area contributed by atoms with Gasteiger partial charge in [-0.05, 0) is 24.7 Å². The number of aromatic nitrogens is 2. The van der Waals surface area contributed by atoms with Gasteiger partial charge in [-0.1, -0.05) is 30.3 Å². The zero-order chi connectivity index (χ0) is 12.4. The number of hydrogen-bond donors (Lipinski definition) is 2. The lowest BCUT2D eigenvalue weighted by atomic mass is 10.1. The molecule has 0 spiro atoms. The number of nitrogens with zero attached hydrogens (tertiary/aromatic N) is 1. The number of nitrogens with two attached hydrogens (primary N) is 1. The molecule has 2 aromatic rings. The Hall–Kier alpha value is -1.88. The van der Waals surface area contributed by atoms with Gasteiger partial charge in [-0.3, -0.25) is 14.3 Å². The van der Waals surface area contributed by atoms with Crippen LogP contribution in [-0.2, 0) is 0 Å². The topological polar surface area (TPSA) is 63.8 Å². The molecule has 88 valence electrons. The van der Waals surface area contributed by atoms with Crippen molar-refractivity contribution in [2.24, 2.45) is 0 Å². The zero-order valence-corrected chi connectivity index (χ0v) is 10.2. The first-order valence-electron chi connectivity index (χ1n) is 5.26. The first-order chi connectivity index (χ1) is 8.09. The Labute approximate surface area is 104 Å². The van der Waals surface area contributed by atoms with Crippen LogP contribution in [0, 0.1) is 4.77 Å². The third-order valence-electron chi connectivity index (χ3n) is 2.68. The number of benzene rings is 1. The summed E-state index contributed by atoms with van der Waals surface area (Å²) in [5, 5.41) is 0. The van der Waals surface area contributed by atoms with Gasteiger partial charge in [0.2, 0.25) is 0 Å². The lowest BCUT2D eigenvalue weighted by molar-refractivity contribution is 0.619. The molecule has 0 aliphatic heterocycles. The third kappa shape index (κ3) is 2.29. The summed E-state index contributed by atoms with van der Waals surface area (Å²) >= 11 is 5.13. The van der Waals surface area contributed by atoms with Crippen LogP contribution < -0.4 is 11.3 Å². The highest BCUT2D eigenvalue weighted by atomic mass is 32.1. The van der Waals surface area contributed by atoms with E-state index in [1.165, 1.54) is 6.07 Å². The summed E-state index contributed by atoms with van der Waals surface area (Å²) in [6.45, 7) is 1.99. The fourth-order valence-corrected chi connectivity index (χ4v) is 2.17. The van der Waals surface area contributed by atoms with Gasteiger partial charge in [-0.25, -0.2) is 0 Å². The van der Waals surface area contributed by atoms with Crippen molar-refractivity contribution in [3.05, 3.63) is 57.1 Å². The van der Waals surface area contributed by atoms with Crippen LogP contribution in [0.2, 0.25) is 0 Å².